The maximum atomic E-state index is 12.3. The first kappa shape index (κ1) is 19.3. The first-order valence-electron chi connectivity index (χ1n) is 7.82. The van der Waals surface area contributed by atoms with Gasteiger partial charge in [-0.15, -0.1) is 0 Å². The Hall–Kier alpha value is -2.05. The molecule has 0 unspecified atom stereocenters. The van der Waals surface area contributed by atoms with Crippen LogP contribution in [0, 0.1) is 0 Å². The number of sulfone groups is 1. The summed E-state index contributed by atoms with van der Waals surface area (Å²) < 4.78 is 30.2. The van der Waals surface area contributed by atoms with Crippen LogP contribution in [0.1, 0.15) is 20.3 Å². The topological polar surface area (TPSA) is 72.5 Å². The van der Waals surface area contributed by atoms with Crippen molar-refractivity contribution in [1.82, 2.24) is 0 Å². The van der Waals surface area contributed by atoms with Gasteiger partial charge in [0.15, 0.2) is 9.84 Å². The molecule has 1 N–H and O–H groups in total. The molecule has 0 fully saturated rings. The third-order valence-corrected chi connectivity index (χ3v) is 5.36. The standard InChI is InChI=1S/C18H20ClNO4S/c1-13(2)24-14-7-9-15(10-8-14)25(22,23)12-11-18(21)20-17-6-4-3-5-16(17)19/h3-10,13H,11-12H2,1-2H3,(H,20,21). The predicted molar refractivity (Wildman–Crippen MR) is 99.0 cm³/mol. The number of carbonyl (C=O) groups is 1. The van der Waals surface area contributed by atoms with E-state index in [1.165, 1.54) is 12.1 Å². The Balaban J connectivity index is 1.96. The van der Waals surface area contributed by atoms with Crippen LogP contribution in [0.25, 0.3) is 0 Å². The molecule has 0 radical (unpaired) electrons. The van der Waals surface area contributed by atoms with Gasteiger partial charge in [0.1, 0.15) is 5.75 Å². The van der Waals surface area contributed by atoms with E-state index in [1.54, 1.807) is 36.4 Å². The molecule has 0 saturated heterocycles. The molecule has 2 aromatic rings. The van der Waals surface area contributed by atoms with Crippen molar-refractivity contribution >= 4 is 33.0 Å². The van der Waals surface area contributed by atoms with E-state index in [9.17, 15) is 13.2 Å². The van der Waals surface area contributed by atoms with E-state index in [4.69, 9.17) is 16.3 Å². The van der Waals surface area contributed by atoms with Gasteiger partial charge in [0.25, 0.3) is 0 Å². The zero-order valence-electron chi connectivity index (χ0n) is 14.0. The molecule has 0 bridgehead atoms. The zero-order valence-corrected chi connectivity index (χ0v) is 15.6. The number of benzene rings is 2. The monoisotopic (exact) mass is 381 g/mol. The van der Waals surface area contributed by atoms with Crippen molar-refractivity contribution in [2.24, 2.45) is 0 Å². The Morgan fingerprint density at radius 3 is 2.36 bits per heavy atom. The molecular formula is C18H20ClNO4S. The van der Waals surface area contributed by atoms with Gasteiger partial charge in [-0.1, -0.05) is 23.7 Å². The first-order valence-corrected chi connectivity index (χ1v) is 9.85. The highest BCUT2D eigenvalue weighted by Gasteiger charge is 2.17. The summed E-state index contributed by atoms with van der Waals surface area (Å²) in [6.45, 7) is 3.78. The van der Waals surface area contributed by atoms with E-state index in [2.05, 4.69) is 5.32 Å². The molecule has 0 spiro atoms. The van der Waals surface area contributed by atoms with Crippen LogP contribution in [0.2, 0.25) is 5.02 Å². The number of hydrogen-bond donors (Lipinski definition) is 1. The molecule has 0 aliphatic heterocycles. The molecular weight excluding hydrogens is 362 g/mol. The Kier molecular flexibility index (Phi) is 6.45. The number of ether oxygens (including phenoxy) is 1. The van der Waals surface area contributed by atoms with Crippen molar-refractivity contribution in [3.63, 3.8) is 0 Å². The lowest BCUT2D eigenvalue weighted by molar-refractivity contribution is -0.115. The van der Waals surface area contributed by atoms with Crippen LogP contribution in [0.5, 0.6) is 5.75 Å². The van der Waals surface area contributed by atoms with Crippen LogP contribution in [0.3, 0.4) is 0 Å². The number of halogens is 1. The molecule has 134 valence electrons. The van der Waals surface area contributed by atoms with Gasteiger partial charge in [0.2, 0.25) is 5.91 Å². The molecule has 2 aromatic carbocycles. The number of anilines is 1. The summed E-state index contributed by atoms with van der Waals surface area (Å²) in [6.07, 6.45) is -0.145. The smallest absolute Gasteiger partial charge is 0.225 e. The number of amides is 1. The van der Waals surface area contributed by atoms with Gasteiger partial charge in [0.05, 0.1) is 27.5 Å². The number of nitrogens with one attached hydrogen (secondary N) is 1. The minimum absolute atomic E-state index is 0.0102. The molecule has 7 heteroatoms. The lowest BCUT2D eigenvalue weighted by Gasteiger charge is -2.10. The van der Waals surface area contributed by atoms with Gasteiger partial charge in [-0.3, -0.25) is 4.79 Å². The second-order valence-corrected chi connectivity index (χ2v) is 8.25. The van der Waals surface area contributed by atoms with Crippen LogP contribution in [-0.2, 0) is 14.6 Å². The van der Waals surface area contributed by atoms with Gasteiger partial charge < -0.3 is 10.1 Å². The summed E-state index contributed by atoms with van der Waals surface area (Å²) in [4.78, 5) is 12.1. The molecule has 1 amide bonds. The Morgan fingerprint density at radius 2 is 1.76 bits per heavy atom. The van der Waals surface area contributed by atoms with Crippen molar-refractivity contribution < 1.29 is 17.9 Å². The second kappa shape index (κ2) is 8.36. The van der Waals surface area contributed by atoms with E-state index in [1.807, 2.05) is 13.8 Å². The second-order valence-electron chi connectivity index (χ2n) is 5.73. The van der Waals surface area contributed by atoms with Gasteiger partial charge in [-0.25, -0.2) is 8.42 Å². The molecule has 0 aromatic heterocycles. The highest BCUT2D eigenvalue weighted by Crippen LogP contribution is 2.21. The summed E-state index contributed by atoms with van der Waals surface area (Å²) in [7, 11) is -3.55. The lowest BCUT2D eigenvalue weighted by atomic mass is 10.3. The SMILES string of the molecule is CC(C)Oc1ccc(S(=O)(=O)CCC(=O)Nc2ccccc2Cl)cc1. The molecule has 2 rings (SSSR count). The third kappa shape index (κ3) is 5.76. The minimum Gasteiger partial charge on any atom is -0.491 e. The fourth-order valence-electron chi connectivity index (χ4n) is 2.12. The van der Waals surface area contributed by atoms with Gasteiger partial charge >= 0.3 is 0 Å². The van der Waals surface area contributed by atoms with Crippen LogP contribution in [0.15, 0.2) is 53.4 Å². The van der Waals surface area contributed by atoms with Crippen molar-refractivity contribution in [2.75, 3.05) is 11.1 Å². The maximum absolute atomic E-state index is 12.3. The predicted octanol–water partition coefficient (Wildman–Crippen LogP) is 3.93. The minimum atomic E-state index is -3.55. The molecule has 0 aliphatic carbocycles. The normalized spacial score (nSPS) is 11.4. The molecule has 0 saturated carbocycles. The summed E-state index contributed by atoms with van der Waals surface area (Å²) in [5, 5.41) is 3.01. The summed E-state index contributed by atoms with van der Waals surface area (Å²) in [6, 6.07) is 13.0. The van der Waals surface area contributed by atoms with Gasteiger partial charge in [-0.2, -0.15) is 0 Å². The van der Waals surface area contributed by atoms with Crippen molar-refractivity contribution in [3.8, 4) is 5.75 Å². The molecule has 0 atom stereocenters. The molecule has 0 heterocycles. The largest absolute Gasteiger partial charge is 0.491 e. The number of carbonyl (C=O) groups excluding carboxylic acids is 1. The van der Waals surface area contributed by atoms with Crippen LogP contribution >= 0.6 is 11.6 Å². The summed E-state index contributed by atoms with van der Waals surface area (Å²) in [5.74, 6) is -0.0879. The van der Waals surface area contributed by atoms with Crippen molar-refractivity contribution in [2.45, 2.75) is 31.3 Å². The van der Waals surface area contributed by atoms with E-state index in [-0.39, 0.29) is 23.2 Å². The van der Waals surface area contributed by atoms with E-state index < -0.39 is 15.7 Å². The van der Waals surface area contributed by atoms with Gasteiger partial charge in [-0.05, 0) is 50.2 Å². The van der Waals surface area contributed by atoms with E-state index in [0.29, 0.717) is 16.5 Å². The third-order valence-electron chi connectivity index (χ3n) is 3.30. The van der Waals surface area contributed by atoms with Crippen molar-refractivity contribution in [3.05, 3.63) is 53.6 Å². The lowest BCUT2D eigenvalue weighted by Crippen LogP contribution is -2.17. The molecule has 5 nitrogen and oxygen atoms in total. The van der Waals surface area contributed by atoms with Gasteiger partial charge in [0, 0.05) is 6.42 Å². The molecule has 0 aliphatic rings. The van der Waals surface area contributed by atoms with Crippen molar-refractivity contribution in [1.29, 1.82) is 0 Å². The highest BCUT2D eigenvalue weighted by atomic mass is 35.5. The van der Waals surface area contributed by atoms with Crippen LogP contribution in [0.4, 0.5) is 5.69 Å². The Morgan fingerprint density at radius 1 is 1.12 bits per heavy atom. The fraction of sp³-hybridized carbons (Fsp3) is 0.278. The van der Waals surface area contributed by atoms with E-state index in [0.717, 1.165) is 0 Å². The first-order chi connectivity index (χ1) is 11.8. The molecule has 25 heavy (non-hydrogen) atoms. The maximum Gasteiger partial charge on any atom is 0.225 e. The quantitative estimate of drug-likeness (QED) is 0.788. The number of para-hydroxylation sites is 1. The van der Waals surface area contributed by atoms with Crippen LogP contribution < -0.4 is 10.1 Å². The summed E-state index contributed by atoms with van der Waals surface area (Å²) in [5.41, 5.74) is 0.460. The Labute approximate surface area is 152 Å². The summed E-state index contributed by atoms with van der Waals surface area (Å²) >= 11 is 5.96. The highest BCUT2D eigenvalue weighted by molar-refractivity contribution is 7.91. The fourth-order valence-corrected chi connectivity index (χ4v) is 3.54. The van der Waals surface area contributed by atoms with E-state index >= 15 is 0 Å². The average molecular weight is 382 g/mol. The number of rotatable bonds is 7. The average Bonchev–Trinajstić information content (AvgIpc) is 2.55. The van der Waals surface area contributed by atoms with Crippen LogP contribution in [-0.4, -0.2) is 26.2 Å². The zero-order chi connectivity index (χ0) is 18.4. The Bertz CT molecular complexity index is 832. The number of hydrogen-bond acceptors (Lipinski definition) is 4.